The van der Waals surface area contributed by atoms with Crippen LogP contribution >= 0.6 is 0 Å². The fraction of sp³-hybridized carbons (Fsp3) is 0.533. The summed E-state index contributed by atoms with van der Waals surface area (Å²) in [5, 5.41) is 0. The van der Waals surface area contributed by atoms with Crippen LogP contribution in [0.2, 0.25) is 0 Å². The van der Waals surface area contributed by atoms with E-state index in [4.69, 9.17) is 0 Å². The molecule has 0 saturated carbocycles. The molecule has 2 nitrogen and oxygen atoms in total. The molecule has 0 bridgehead atoms. The number of amides is 1. The third-order valence-corrected chi connectivity index (χ3v) is 3.55. The lowest BCUT2D eigenvalue weighted by Gasteiger charge is -2.35. The molecule has 1 saturated heterocycles. The van der Waals surface area contributed by atoms with Crippen LogP contribution in [0.15, 0.2) is 18.2 Å². The van der Waals surface area contributed by atoms with Crippen molar-refractivity contribution in [1.29, 1.82) is 0 Å². The van der Waals surface area contributed by atoms with E-state index >= 15 is 0 Å². The van der Waals surface area contributed by atoms with E-state index in [2.05, 4.69) is 13.0 Å². The lowest BCUT2D eigenvalue weighted by Crippen LogP contribution is -2.43. The van der Waals surface area contributed by atoms with Gasteiger partial charge in [0, 0.05) is 18.7 Å². The summed E-state index contributed by atoms with van der Waals surface area (Å²) < 4.78 is 13.6. The van der Waals surface area contributed by atoms with Crippen molar-refractivity contribution in [2.45, 2.75) is 45.1 Å². The summed E-state index contributed by atoms with van der Waals surface area (Å²) in [6.45, 7) is 2.87. The Labute approximate surface area is 108 Å². The third-order valence-electron chi connectivity index (χ3n) is 3.55. The van der Waals surface area contributed by atoms with Gasteiger partial charge in [0.2, 0.25) is 0 Å². The fourth-order valence-electron chi connectivity index (χ4n) is 2.64. The van der Waals surface area contributed by atoms with Crippen molar-refractivity contribution in [3.05, 3.63) is 35.6 Å². The number of likely N-dealkylation sites (tertiary alicyclic amines) is 1. The SMILES string of the molecule is CCC[C@@H]1CCCCN1C(=O)c1ccc[c]c1F. The van der Waals surface area contributed by atoms with E-state index < -0.39 is 5.82 Å². The molecule has 0 aliphatic carbocycles. The smallest absolute Gasteiger partial charge is 0.257 e. The van der Waals surface area contributed by atoms with Gasteiger partial charge < -0.3 is 4.90 Å². The standard InChI is InChI=1S/C15H19FNO/c1-2-7-12-8-5-6-11-17(12)15(18)13-9-3-4-10-14(13)16/h3-4,9,12H,2,5-8,11H2,1H3/t12-/m1/s1. The van der Waals surface area contributed by atoms with Gasteiger partial charge in [-0.3, -0.25) is 4.79 Å². The van der Waals surface area contributed by atoms with Crippen molar-refractivity contribution in [2.24, 2.45) is 0 Å². The van der Waals surface area contributed by atoms with Crippen LogP contribution in [0.3, 0.4) is 0 Å². The number of halogens is 1. The first kappa shape index (κ1) is 13.1. The van der Waals surface area contributed by atoms with Crippen LogP contribution in [0.25, 0.3) is 0 Å². The molecule has 0 unspecified atom stereocenters. The Morgan fingerprint density at radius 1 is 1.56 bits per heavy atom. The minimum atomic E-state index is -0.539. The second kappa shape index (κ2) is 5.98. The Morgan fingerprint density at radius 3 is 3.11 bits per heavy atom. The summed E-state index contributed by atoms with van der Waals surface area (Å²) in [5.41, 5.74) is 0.153. The van der Waals surface area contributed by atoms with E-state index in [0.717, 1.165) is 38.6 Å². The summed E-state index contributed by atoms with van der Waals surface area (Å²) >= 11 is 0. The number of rotatable bonds is 3. The molecule has 18 heavy (non-hydrogen) atoms. The first-order chi connectivity index (χ1) is 8.74. The highest BCUT2D eigenvalue weighted by Crippen LogP contribution is 2.23. The Morgan fingerprint density at radius 2 is 2.39 bits per heavy atom. The highest BCUT2D eigenvalue weighted by Gasteiger charge is 2.27. The van der Waals surface area contributed by atoms with Crippen LogP contribution in [-0.4, -0.2) is 23.4 Å². The molecule has 0 aromatic heterocycles. The number of benzene rings is 1. The van der Waals surface area contributed by atoms with Gasteiger partial charge >= 0.3 is 0 Å². The van der Waals surface area contributed by atoms with Gasteiger partial charge in [-0.1, -0.05) is 25.5 Å². The number of hydrogen-bond donors (Lipinski definition) is 0. The molecule has 1 atom stereocenters. The van der Waals surface area contributed by atoms with Crippen molar-refractivity contribution in [3.63, 3.8) is 0 Å². The van der Waals surface area contributed by atoms with Crippen molar-refractivity contribution < 1.29 is 9.18 Å². The van der Waals surface area contributed by atoms with E-state index in [1.54, 1.807) is 12.1 Å². The van der Waals surface area contributed by atoms with Gasteiger partial charge in [0.15, 0.2) is 0 Å². The Balaban J connectivity index is 2.18. The molecule has 1 aliphatic rings. The van der Waals surface area contributed by atoms with Gasteiger partial charge in [-0.15, -0.1) is 0 Å². The lowest BCUT2D eigenvalue weighted by atomic mass is 9.97. The average Bonchev–Trinajstić information content (AvgIpc) is 2.40. The third kappa shape index (κ3) is 2.71. The van der Waals surface area contributed by atoms with Gasteiger partial charge in [-0.05, 0) is 31.7 Å². The summed E-state index contributed by atoms with van der Waals surface area (Å²) in [6.07, 6.45) is 5.28. The normalized spacial score (nSPS) is 19.9. The van der Waals surface area contributed by atoms with Crippen molar-refractivity contribution in [2.75, 3.05) is 6.54 Å². The zero-order chi connectivity index (χ0) is 13.0. The van der Waals surface area contributed by atoms with Crippen molar-refractivity contribution >= 4 is 5.91 Å². The van der Waals surface area contributed by atoms with Crippen molar-refractivity contribution in [3.8, 4) is 0 Å². The van der Waals surface area contributed by atoms with Gasteiger partial charge in [0.05, 0.1) is 5.56 Å². The average molecular weight is 248 g/mol. The number of piperidine rings is 1. The van der Waals surface area contributed by atoms with Crippen LogP contribution in [0.5, 0.6) is 0 Å². The van der Waals surface area contributed by atoms with Crippen LogP contribution in [0.4, 0.5) is 4.39 Å². The summed E-state index contributed by atoms with van der Waals surface area (Å²) in [4.78, 5) is 14.2. The highest BCUT2D eigenvalue weighted by atomic mass is 19.1. The van der Waals surface area contributed by atoms with Crippen molar-refractivity contribution in [1.82, 2.24) is 4.90 Å². The first-order valence-electron chi connectivity index (χ1n) is 6.71. The molecule has 1 radical (unpaired) electrons. The number of carbonyl (C=O) groups excluding carboxylic acids is 1. The molecule has 1 amide bonds. The maximum absolute atomic E-state index is 13.6. The molecule has 1 aliphatic heterocycles. The van der Waals surface area contributed by atoms with Gasteiger partial charge in [-0.25, -0.2) is 4.39 Å². The van der Waals surface area contributed by atoms with Crippen LogP contribution in [0.1, 0.15) is 49.4 Å². The molecule has 1 fully saturated rings. The van der Waals surface area contributed by atoms with E-state index in [0.29, 0.717) is 0 Å². The van der Waals surface area contributed by atoms with Gasteiger partial charge in [0.1, 0.15) is 5.82 Å². The summed E-state index contributed by atoms with van der Waals surface area (Å²) in [7, 11) is 0. The second-order valence-electron chi connectivity index (χ2n) is 4.83. The summed E-state index contributed by atoms with van der Waals surface area (Å²) in [5.74, 6) is -0.717. The zero-order valence-electron chi connectivity index (χ0n) is 10.8. The summed E-state index contributed by atoms with van der Waals surface area (Å²) in [6, 6.07) is 7.43. The molecule has 3 heteroatoms. The predicted molar refractivity (Wildman–Crippen MR) is 68.8 cm³/mol. The van der Waals surface area contributed by atoms with E-state index in [-0.39, 0.29) is 17.5 Å². The minimum absolute atomic E-state index is 0.153. The first-order valence-corrected chi connectivity index (χ1v) is 6.71. The molecular formula is C15H19FNO. The highest BCUT2D eigenvalue weighted by molar-refractivity contribution is 5.94. The lowest BCUT2D eigenvalue weighted by molar-refractivity contribution is 0.0596. The molecule has 1 heterocycles. The molecule has 0 N–H and O–H groups in total. The molecular weight excluding hydrogens is 229 g/mol. The van der Waals surface area contributed by atoms with Crippen LogP contribution < -0.4 is 0 Å². The largest absolute Gasteiger partial charge is 0.336 e. The fourth-order valence-corrected chi connectivity index (χ4v) is 2.64. The Kier molecular flexibility index (Phi) is 4.34. The van der Waals surface area contributed by atoms with E-state index in [1.165, 1.54) is 6.07 Å². The molecule has 0 spiro atoms. The zero-order valence-corrected chi connectivity index (χ0v) is 10.8. The number of nitrogens with zero attached hydrogens (tertiary/aromatic N) is 1. The maximum atomic E-state index is 13.6. The van der Waals surface area contributed by atoms with Gasteiger partial charge in [0.25, 0.3) is 5.91 Å². The molecule has 97 valence electrons. The topological polar surface area (TPSA) is 20.3 Å². The Bertz CT molecular complexity index is 417. The van der Waals surface area contributed by atoms with Crippen LogP contribution in [0, 0.1) is 11.9 Å². The Hall–Kier alpha value is -1.38. The number of hydrogen-bond acceptors (Lipinski definition) is 1. The monoisotopic (exact) mass is 248 g/mol. The van der Waals surface area contributed by atoms with Gasteiger partial charge in [-0.2, -0.15) is 0 Å². The number of carbonyl (C=O) groups is 1. The molecule has 1 aromatic rings. The maximum Gasteiger partial charge on any atom is 0.257 e. The molecule has 2 rings (SSSR count). The predicted octanol–water partition coefficient (Wildman–Crippen LogP) is 3.42. The minimum Gasteiger partial charge on any atom is -0.336 e. The van der Waals surface area contributed by atoms with E-state index in [9.17, 15) is 9.18 Å². The van der Waals surface area contributed by atoms with Crippen LogP contribution in [-0.2, 0) is 0 Å². The second-order valence-corrected chi connectivity index (χ2v) is 4.83. The molecule has 1 aromatic carbocycles. The quantitative estimate of drug-likeness (QED) is 0.802. The van der Waals surface area contributed by atoms with E-state index in [1.807, 2.05) is 4.90 Å².